The lowest BCUT2D eigenvalue weighted by molar-refractivity contribution is 0.569. The number of terminal acetylenes is 1. The predicted molar refractivity (Wildman–Crippen MR) is 78.7 cm³/mol. The van der Waals surface area contributed by atoms with Gasteiger partial charge in [-0.25, -0.2) is 4.98 Å². The fourth-order valence-corrected chi connectivity index (χ4v) is 2.75. The minimum atomic E-state index is 0.150. The lowest BCUT2D eigenvalue weighted by Gasteiger charge is -2.14. The molecule has 2 nitrogen and oxygen atoms in total. The Labute approximate surface area is 113 Å². The maximum atomic E-state index is 5.18. The van der Waals surface area contributed by atoms with Crippen LogP contribution in [0.1, 0.15) is 31.5 Å². The normalized spacial score (nSPS) is 11.4. The summed E-state index contributed by atoms with van der Waals surface area (Å²) in [6.07, 6.45) is 5.18. The average molecular weight is 268 g/mol. The van der Waals surface area contributed by atoms with Crippen LogP contribution in [0.25, 0.3) is 0 Å². The molecule has 1 aromatic rings. The lowest BCUT2D eigenvalue weighted by Crippen LogP contribution is -2.17. The summed E-state index contributed by atoms with van der Waals surface area (Å²) in [6, 6.07) is 0. The smallest absolute Gasteiger partial charge is 0.107 e. The highest BCUT2D eigenvalue weighted by Crippen LogP contribution is 2.23. The first-order valence-electron chi connectivity index (χ1n) is 5.71. The van der Waals surface area contributed by atoms with Crippen LogP contribution in [0.15, 0.2) is 5.38 Å². The molecule has 0 aromatic carbocycles. The summed E-state index contributed by atoms with van der Waals surface area (Å²) in [5, 5.41) is 6.70. The summed E-state index contributed by atoms with van der Waals surface area (Å²) < 4.78 is 0. The van der Waals surface area contributed by atoms with Gasteiger partial charge < -0.3 is 5.32 Å². The number of thioether (sulfide) groups is 1. The fraction of sp³-hybridized carbons (Fsp3) is 0.615. The summed E-state index contributed by atoms with van der Waals surface area (Å²) in [5.41, 5.74) is 1.33. The second-order valence-corrected chi connectivity index (χ2v) is 6.86. The van der Waals surface area contributed by atoms with Gasteiger partial charge in [0.1, 0.15) is 5.01 Å². The Morgan fingerprint density at radius 1 is 1.53 bits per heavy atom. The Hall–Kier alpha value is -0.500. The summed E-state index contributed by atoms with van der Waals surface area (Å²) in [6.45, 7) is 8.41. The van der Waals surface area contributed by atoms with Gasteiger partial charge in [-0.05, 0) is 0 Å². The average Bonchev–Trinajstić information content (AvgIpc) is 2.71. The largest absolute Gasteiger partial charge is 0.310 e. The third kappa shape index (κ3) is 5.58. The lowest BCUT2D eigenvalue weighted by atomic mass is 9.93. The predicted octanol–water partition coefficient (Wildman–Crippen LogP) is 2.90. The van der Waals surface area contributed by atoms with E-state index in [1.807, 2.05) is 0 Å². The molecule has 1 rings (SSSR count). The monoisotopic (exact) mass is 268 g/mol. The molecular weight excluding hydrogens is 248 g/mol. The van der Waals surface area contributed by atoms with Crippen LogP contribution in [-0.2, 0) is 12.0 Å². The number of hydrogen-bond donors (Lipinski definition) is 1. The molecular formula is C13H20N2S2. The second kappa shape index (κ2) is 7.05. The molecule has 94 valence electrons. The first-order chi connectivity index (χ1) is 8.04. The van der Waals surface area contributed by atoms with E-state index in [2.05, 4.69) is 42.4 Å². The minimum absolute atomic E-state index is 0.150. The first-order valence-corrected chi connectivity index (χ1v) is 7.74. The van der Waals surface area contributed by atoms with Crippen LogP contribution in [-0.4, -0.2) is 23.0 Å². The minimum Gasteiger partial charge on any atom is -0.310 e. The van der Waals surface area contributed by atoms with Gasteiger partial charge in [-0.2, -0.15) is 0 Å². The Balaban J connectivity index is 2.24. The zero-order valence-corrected chi connectivity index (χ0v) is 12.4. The maximum absolute atomic E-state index is 5.18. The van der Waals surface area contributed by atoms with Crippen molar-refractivity contribution < 1.29 is 0 Å². The van der Waals surface area contributed by atoms with E-state index < -0.39 is 0 Å². The van der Waals surface area contributed by atoms with Crippen molar-refractivity contribution in [2.45, 2.75) is 32.7 Å². The van der Waals surface area contributed by atoms with Crippen molar-refractivity contribution in [3.63, 3.8) is 0 Å². The molecule has 0 aliphatic rings. The SMILES string of the molecule is C#CCSCCNCc1nc(C(C)(C)C)cs1. The molecule has 0 atom stereocenters. The van der Waals surface area contributed by atoms with E-state index in [0.29, 0.717) is 0 Å². The van der Waals surface area contributed by atoms with Crippen molar-refractivity contribution in [2.75, 3.05) is 18.1 Å². The molecule has 1 N–H and O–H groups in total. The summed E-state index contributed by atoms with van der Waals surface area (Å²) in [5.74, 6) is 4.48. The highest BCUT2D eigenvalue weighted by atomic mass is 32.2. The van der Waals surface area contributed by atoms with Crippen molar-refractivity contribution in [3.05, 3.63) is 16.1 Å². The van der Waals surface area contributed by atoms with E-state index in [0.717, 1.165) is 29.6 Å². The molecule has 17 heavy (non-hydrogen) atoms. The third-order valence-electron chi connectivity index (χ3n) is 2.20. The van der Waals surface area contributed by atoms with Crippen molar-refractivity contribution in [1.82, 2.24) is 10.3 Å². The maximum Gasteiger partial charge on any atom is 0.107 e. The van der Waals surface area contributed by atoms with Gasteiger partial charge in [0, 0.05) is 29.6 Å². The van der Waals surface area contributed by atoms with Crippen LogP contribution in [0.4, 0.5) is 0 Å². The molecule has 0 fully saturated rings. The van der Waals surface area contributed by atoms with Crippen LogP contribution in [0.5, 0.6) is 0 Å². The topological polar surface area (TPSA) is 24.9 Å². The van der Waals surface area contributed by atoms with Gasteiger partial charge in [0.2, 0.25) is 0 Å². The molecule has 0 saturated heterocycles. The number of nitrogens with zero attached hydrogens (tertiary/aromatic N) is 1. The van der Waals surface area contributed by atoms with Crippen LogP contribution >= 0.6 is 23.1 Å². The highest BCUT2D eigenvalue weighted by Gasteiger charge is 2.16. The second-order valence-electron chi connectivity index (χ2n) is 4.81. The van der Waals surface area contributed by atoms with Crippen molar-refractivity contribution >= 4 is 23.1 Å². The summed E-state index contributed by atoms with van der Waals surface area (Å²) in [4.78, 5) is 4.63. The Morgan fingerprint density at radius 2 is 2.29 bits per heavy atom. The molecule has 0 saturated carbocycles. The van der Waals surface area contributed by atoms with Crippen LogP contribution < -0.4 is 5.32 Å². The van der Waals surface area contributed by atoms with Gasteiger partial charge in [-0.1, -0.05) is 26.7 Å². The van der Waals surface area contributed by atoms with Gasteiger partial charge in [-0.15, -0.1) is 29.5 Å². The number of thiazole rings is 1. The molecule has 0 radical (unpaired) electrons. The third-order valence-corrected chi connectivity index (χ3v) is 3.92. The van der Waals surface area contributed by atoms with Crippen LogP contribution in [0.3, 0.4) is 0 Å². The Kier molecular flexibility index (Phi) is 6.04. The van der Waals surface area contributed by atoms with E-state index in [-0.39, 0.29) is 5.41 Å². The van der Waals surface area contributed by atoms with Crippen molar-refractivity contribution in [1.29, 1.82) is 0 Å². The van der Waals surface area contributed by atoms with Gasteiger partial charge in [0.05, 0.1) is 11.4 Å². The first kappa shape index (κ1) is 14.6. The molecule has 0 amide bonds. The van der Waals surface area contributed by atoms with Crippen LogP contribution in [0.2, 0.25) is 0 Å². The Morgan fingerprint density at radius 3 is 2.88 bits per heavy atom. The number of rotatable bonds is 6. The van der Waals surface area contributed by atoms with E-state index in [9.17, 15) is 0 Å². The van der Waals surface area contributed by atoms with E-state index in [1.165, 1.54) is 5.69 Å². The van der Waals surface area contributed by atoms with Gasteiger partial charge in [-0.3, -0.25) is 0 Å². The Bertz CT molecular complexity index is 372. The molecule has 0 aliphatic carbocycles. The highest BCUT2D eigenvalue weighted by molar-refractivity contribution is 7.99. The molecule has 0 spiro atoms. The fourth-order valence-electron chi connectivity index (χ4n) is 1.21. The molecule has 0 unspecified atom stereocenters. The molecule has 1 aromatic heterocycles. The number of hydrogen-bond acceptors (Lipinski definition) is 4. The molecule has 4 heteroatoms. The van der Waals surface area contributed by atoms with Crippen molar-refractivity contribution in [2.24, 2.45) is 0 Å². The standard InChI is InChI=1S/C13H20N2S2/c1-5-7-16-8-6-14-9-12-15-11(10-17-12)13(2,3)4/h1,10,14H,6-9H2,2-4H3. The number of nitrogens with one attached hydrogen (secondary N) is 1. The van der Waals surface area contributed by atoms with Gasteiger partial charge in [0.25, 0.3) is 0 Å². The molecule has 1 heterocycles. The van der Waals surface area contributed by atoms with Gasteiger partial charge >= 0.3 is 0 Å². The zero-order valence-electron chi connectivity index (χ0n) is 10.7. The quantitative estimate of drug-likeness (QED) is 0.634. The van der Waals surface area contributed by atoms with Gasteiger partial charge in [0.15, 0.2) is 0 Å². The molecule has 0 bridgehead atoms. The summed E-state index contributed by atoms with van der Waals surface area (Å²) in [7, 11) is 0. The van der Waals surface area contributed by atoms with E-state index >= 15 is 0 Å². The number of aromatic nitrogens is 1. The van der Waals surface area contributed by atoms with E-state index in [1.54, 1.807) is 23.1 Å². The van der Waals surface area contributed by atoms with Crippen molar-refractivity contribution in [3.8, 4) is 12.3 Å². The molecule has 0 aliphatic heterocycles. The summed E-state index contributed by atoms with van der Waals surface area (Å²) >= 11 is 3.51. The van der Waals surface area contributed by atoms with Crippen LogP contribution in [0, 0.1) is 12.3 Å². The zero-order chi connectivity index (χ0) is 12.7. The van der Waals surface area contributed by atoms with E-state index in [4.69, 9.17) is 6.42 Å².